The zero-order valence-electron chi connectivity index (χ0n) is 34.5. The predicted octanol–water partition coefficient (Wildman–Crippen LogP) is 12.8. The van der Waals surface area contributed by atoms with Crippen LogP contribution >= 0.6 is 0 Å². The lowest BCUT2D eigenvalue weighted by Gasteiger charge is -2.20. The Labute approximate surface area is 322 Å². The van der Waals surface area contributed by atoms with Crippen LogP contribution in [-0.2, 0) is 14.3 Å². The summed E-state index contributed by atoms with van der Waals surface area (Å²) in [6.45, 7) is 4.80. The maximum atomic E-state index is 12.4. The van der Waals surface area contributed by atoms with Gasteiger partial charge < -0.3 is 20.3 Å². The fraction of sp³-hybridized carbons (Fsp3) is 0.870. The summed E-state index contributed by atoms with van der Waals surface area (Å²) >= 11 is 0. The molecule has 3 N–H and O–H groups in total. The number of esters is 1. The number of hydrogen-bond acceptors (Lipinski definition) is 5. The van der Waals surface area contributed by atoms with Crippen LogP contribution in [0.3, 0.4) is 0 Å². The molecule has 6 nitrogen and oxygen atoms in total. The van der Waals surface area contributed by atoms with E-state index in [1.165, 1.54) is 148 Å². The normalized spacial score (nSPS) is 12.9. The number of carbonyl (C=O) groups excluding carboxylic acids is 2. The zero-order valence-corrected chi connectivity index (χ0v) is 34.5. The fourth-order valence-corrected chi connectivity index (χ4v) is 6.67. The Bertz CT molecular complexity index is 813. The highest BCUT2D eigenvalue weighted by Crippen LogP contribution is 2.14. The highest BCUT2D eigenvalue weighted by Gasteiger charge is 2.18. The van der Waals surface area contributed by atoms with Gasteiger partial charge in [0.15, 0.2) is 0 Å². The van der Waals surface area contributed by atoms with Gasteiger partial charge in [-0.15, -0.1) is 0 Å². The van der Waals surface area contributed by atoms with Gasteiger partial charge in [0.1, 0.15) is 0 Å². The Hall–Kier alpha value is -1.66. The van der Waals surface area contributed by atoms with Crippen LogP contribution in [-0.4, -0.2) is 47.4 Å². The van der Waals surface area contributed by atoms with Gasteiger partial charge in [-0.2, -0.15) is 0 Å². The molecule has 0 saturated heterocycles. The van der Waals surface area contributed by atoms with Crippen LogP contribution in [0.15, 0.2) is 24.3 Å². The number of hydrogen-bond donors (Lipinski definition) is 3. The Balaban J connectivity index is 3.53. The van der Waals surface area contributed by atoms with E-state index in [9.17, 15) is 19.8 Å². The van der Waals surface area contributed by atoms with E-state index in [4.69, 9.17) is 4.74 Å². The van der Waals surface area contributed by atoms with Gasteiger partial charge in [0.25, 0.3) is 0 Å². The highest BCUT2D eigenvalue weighted by atomic mass is 16.5. The number of carbonyl (C=O) groups is 2. The van der Waals surface area contributed by atoms with Crippen molar-refractivity contribution in [3.63, 3.8) is 0 Å². The molecule has 6 heteroatoms. The summed E-state index contributed by atoms with van der Waals surface area (Å²) in [6, 6.07) is -0.640. The number of allylic oxidation sites excluding steroid dienone is 3. The van der Waals surface area contributed by atoms with Crippen LogP contribution in [0.5, 0.6) is 0 Å². The molecule has 0 rings (SSSR count). The lowest BCUT2D eigenvalue weighted by molar-refractivity contribution is -0.143. The molecule has 0 bridgehead atoms. The number of rotatable bonds is 41. The van der Waals surface area contributed by atoms with Crippen molar-refractivity contribution in [2.45, 2.75) is 244 Å². The van der Waals surface area contributed by atoms with Gasteiger partial charge in [0, 0.05) is 12.8 Å². The summed E-state index contributed by atoms with van der Waals surface area (Å²) in [5.74, 6) is -0.116. The molecule has 0 aliphatic heterocycles. The highest BCUT2D eigenvalue weighted by molar-refractivity contribution is 5.76. The molecule has 0 aliphatic rings. The number of ether oxygens (including phenoxy) is 1. The lowest BCUT2D eigenvalue weighted by Crippen LogP contribution is -2.45. The van der Waals surface area contributed by atoms with Crippen molar-refractivity contribution in [3.8, 4) is 0 Å². The van der Waals surface area contributed by atoms with E-state index in [0.717, 1.165) is 57.8 Å². The van der Waals surface area contributed by atoms with Crippen molar-refractivity contribution in [3.05, 3.63) is 24.3 Å². The third-order valence-corrected chi connectivity index (χ3v) is 10.2. The van der Waals surface area contributed by atoms with Crippen molar-refractivity contribution in [2.75, 3.05) is 13.2 Å². The van der Waals surface area contributed by atoms with Crippen LogP contribution < -0.4 is 5.32 Å². The monoisotopic (exact) mass is 734 g/mol. The van der Waals surface area contributed by atoms with E-state index in [2.05, 4.69) is 31.3 Å². The molecule has 0 aliphatic carbocycles. The molecular formula is C46H87NO5. The van der Waals surface area contributed by atoms with Gasteiger partial charge in [-0.3, -0.25) is 9.59 Å². The van der Waals surface area contributed by atoms with Gasteiger partial charge in [-0.05, 0) is 51.4 Å². The van der Waals surface area contributed by atoms with Crippen molar-refractivity contribution >= 4 is 11.9 Å². The first-order valence-electron chi connectivity index (χ1n) is 22.6. The van der Waals surface area contributed by atoms with Gasteiger partial charge in [-0.1, -0.05) is 192 Å². The average Bonchev–Trinajstić information content (AvgIpc) is 3.14. The second-order valence-corrected chi connectivity index (χ2v) is 15.4. The summed E-state index contributed by atoms with van der Waals surface area (Å²) in [6.07, 6.45) is 47.3. The van der Waals surface area contributed by atoms with Crippen LogP contribution in [0.4, 0.5) is 0 Å². The Morgan fingerprint density at radius 2 is 0.923 bits per heavy atom. The summed E-state index contributed by atoms with van der Waals surface area (Å²) < 4.78 is 5.42. The molecule has 0 aromatic carbocycles. The summed E-state index contributed by atoms with van der Waals surface area (Å²) in [5, 5.41) is 23.0. The zero-order chi connectivity index (χ0) is 38.0. The topological polar surface area (TPSA) is 95.9 Å². The Morgan fingerprint density at radius 3 is 1.42 bits per heavy atom. The second-order valence-electron chi connectivity index (χ2n) is 15.4. The van der Waals surface area contributed by atoms with E-state index in [1.54, 1.807) is 6.08 Å². The quantitative estimate of drug-likeness (QED) is 0.0330. The maximum Gasteiger partial charge on any atom is 0.305 e. The molecular weight excluding hydrogens is 647 g/mol. The van der Waals surface area contributed by atoms with E-state index in [-0.39, 0.29) is 18.5 Å². The average molecular weight is 734 g/mol. The van der Waals surface area contributed by atoms with Crippen LogP contribution in [0, 0.1) is 0 Å². The SMILES string of the molecule is CCCC/C=C\CCCCCCCC(=O)OCCCCCCCCCCCCCC(=O)NC(CO)C(O)/C=C/CCCCCCCCCCCCC. The summed E-state index contributed by atoms with van der Waals surface area (Å²) in [4.78, 5) is 24.3. The molecule has 0 aromatic rings. The van der Waals surface area contributed by atoms with Crippen LogP contribution in [0.2, 0.25) is 0 Å². The molecule has 0 radical (unpaired) electrons. The minimum absolute atomic E-state index is 0.0273. The van der Waals surface area contributed by atoms with Crippen molar-refractivity contribution in [2.24, 2.45) is 0 Å². The first kappa shape index (κ1) is 50.3. The molecule has 52 heavy (non-hydrogen) atoms. The number of aliphatic hydroxyl groups is 2. The number of nitrogens with one attached hydrogen (secondary N) is 1. The number of unbranched alkanes of at least 4 members (excludes halogenated alkanes) is 28. The number of amides is 1. The summed E-state index contributed by atoms with van der Waals surface area (Å²) in [5.41, 5.74) is 0. The first-order valence-corrected chi connectivity index (χ1v) is 22.6. The van der Waals surface area contributed by atoms with Crippen LogP contribution in [0.1, 0.15) is 232 Å². The van der Waals surface area contributed by atoms with Crippen molar-refractivity contribution < 1.29 is 24.5 Å². The van der Waals surface area contributed by atoms with Gasteiger partial charge >= 0.3 is 5.97 Å². The number of aliphatic hydroxyl groups excluding tert-OH is 2. The molecule has 0 saturated carbocycles. The second kappa shape index (κ2) is 42.1. The maximum absolute atomic E-state index is 12.4. The molecule has 2 atom stereocenters. The molecule has 1 amide bonds. The third kappa shape index (κ3) is 38.1. The fourth-order valence-electron chi connectivity index (χ4n) is 6.67. The van der Waals surface area contributed by atoms with E-state index < -0.39 is 12.1 Å². The Morgan fingerprint density at radius 1 is 0.519 bits per heavy atom. The summed E-state index contributed by atoms with van der Waals surface area (Å²) in [7, 11) is 0. The molecule has 0 aromatic heterocycles. The lowest BCUT2D eigenvalue weighted by atomic mass is 10.0. The molecule has 306 valence electrons. The van der Waals surface area contributed by atoms with E-state index >= 15 is 0 Å². The van der Waals surface area contributed by atoms with Gasteiger partial charge in [-0.25, -0.2) is 0 Å². The van der Waals surface area contributed by atoms with Crippen molar-refractivity contribution in [1.82, 2.24) is 5.32 Å². The first-order chi connectivity index (χ1) is 25.5. The van der Waals surface area contributed by atoms with Gasteiger partial charge in [0.05, 0.1) is 25.4 Å². The smallest absolute Gasteiger partial charge is 0.305 e. The Kier molecular flexibility index (Phi) is 40.7. The largest absolute Gasteiger partial charge is 0.466 e. The molecule has 0 heterocycles. The van der Waals surface area contributed by atoms with Gasteiger partial charge in [0.2, 0.25) is 5.91 Å². The molecule has 0 fully saturated rings. The van der Waals surface area contributed by atoms with E-state index in [1.807, 2.05) is 6.08 Å². The molecule has 2 unspecified atom stereocenters. The standard InChI is InChI=1S/C46H87NO5/c1-3-5-7-9-11-13-15-16-19-22-26-30-34-38-44(49)43(42-48)47-45(50)39-35-31-27-23-20-17-21-25-29-33-37-41-52-46(51)40-36-32-28-24-18-14-12-10-8-6-4-2/h10,12,34,38,43-44,48-49H,3-9,11,13-33,35-37,39-42H2,1-2H3,(H,47,50)/b12-10-,38-34+. The predicted molar refractivity (Wildman–Crippen MR) is 223 cm³/mol. The van der Waals surface area contributed by atoms with Crippen LogP contribution in [0.25, 0.3) is 0 Å². The minimum atomic E-state index is -0.855. The molecule has 0 spiro atoms. The van der Waals surface area contributed by atoms with E-state index in [0.29, 0.717) is 19.4 Å². The van der Waals surface area contributed by atoms with Crippen molar-refractivity contribution in [1.29, 1.82) is 0 Å². The minimum Gasteiger partial charge on any atom is -0.466 e. The third-order valence-electron chi connectivity index (χ3n) is 10.2.